The normalized spacial score (nSPS) is 12.6. The molecule has 1 aliphatic heterocycles. The predicted molar refractivity (Wildman–Crippen MR) is 133 cm³/mol. The van der Waals surface area contributed by atoms with Crippen molar-refractivity contribution in [2.24, 2.45) is 0 Å². The molecular formula is C26H27FN2O6S. The molecule has 0 saturated heterocycles. The predicted octanol–water partition coefficient (Wildman–Crippen LogP) is 3.60. The SMILES string of the molecule is Cc1ccc(OCCNC(=O)CN(c2ccc(F)cc2)S(=O)(=O)c2ccc3c(c2)OCCO3)c(C)c1. The molecule has 0 saturated carbocycles. The molecule has 0 fully saturated rings. The number of carbonyl (C=O) groups excluding carboxylic acids is 1. The van der Waals surface area contributed by atoms with Crippen LogP contribution in [-0.4, -0.2) is 47.2 Å². The number of ether oxygens (including phenoxy) is 3. The fourth-order valence-corrected chi connectivity index (χ4v) is 5.17. The summed E-state index contributed by atoms with van der Waals surface area (Å²) in [6, 6.07) is 14.9. The van der Waals surface area contributed by atoms with Crippen molar-refractivity contribution in [3.8, 4) is 17.2 Å². The zero-order valence-electron chi connectivity index (χ0n) is 20.0. The van der Waals surface area contributed by atoms with Crippen LogP contribution in [0, 0.1) is 19.7 Å². The van der Waals surface area contributed by atoms with Crippen LogP contribution in [0.2, 0.25) is 0 Å². The van der Waals surface area contributed by atoms with Gasteiger partial charge in [0.25, 0.3) is 10.0 Å². The topological polar surface area (TPSA) is 94.2 Å². The van der Waals surface area contributed by atoms with E-state index < -0.39 is 28.3 Å². The Morgan fingerprint density at radius 1 is 1.00 bits per heavy atom. The number of hydrogen-bond donors (Lipinski definition) is 1. The van der Waals surface area contributed by atoms with E-state index in [0.29, 0.717) is 30.5 Å². The lowest BCUT2D eigenvalue weighted by molar-refractivity contribution is -0.119. The Kier molecular flexibility index (Phi) is 7.64. The summed E-state index contributed by atoms with van der Waals surface area (Å²) in [4.78, 5) is 12.7. The summed E-state index contributed by atoms with van der Waals surface area (Å²) in [6.07, 6.45) is 0. The summed E-state index contributed by atoms with van der Waals surface area (Å²) < 4.78 is 58.2. The van der Waals surface area contributed by atoms with Crippen LogP contribution in [0.3, 0.4) is 0 Å². The van der Waals surface area contributed by atoms with Crippen molar-refractivity contribution in [1.29, 1.82) is 0 Å². The van der Waals surface area contributed by atoms with E-state index in [0.717, 1.165) is 27.6 Å². The maximum absolute atomic E-state index is 13.6. The Morgan fingerprint density at radius 3 is 2.44 bits per heavy atom. The molecule has 0 aliphatic carbocycles. The van der Waals surface area contributed by atoms with Gasteiger partial charge in [-0.15, -0.1) is 0 Å². The lowest BCUT2D eigenvalue weighted by Gasteiger charge is -2.25. The van der Waals surface area contributed by atoms with E-state index in [1.165, 1.54) is 30.3 Å². The van der Waals surface area contributed by atoms with Crippen molar-refractivity contribution in [2.75, 3.05) is 37.2 Å². The lowest BCUT2D eigenvalue weighted by Crippen LogP contribution is -2.42. The number of rotatable bonds is 9. The minimum Gasteiger partial charge on any atom is -0.491 e. The molecule has 36 heavy (non-hydrogen) atoms. The first-order valence-electron chi connectivity index (χ1n) is 11.4. The van der Waals surface area contributed by atoms with Gasteiger partial charge in [-0.3, -0.25) is 9.10 Å². The Hall–Kier alpha value is -3.79. The molecule has 0 unspecified atom stereocenters. The number of nitrogens with zero attached hydrogens (tertiary/aromatic N) is 1. The second kappa shape index (κ2) is 10.9. The second-order valence-corrected chi connectivity index (χ2v) is 10.1. The molecule has 8 nitrogen and oxygen atoms in total. The van der Waals surface area contributed by atoms with E-state index in [1.807, 2.05) is 32.0 Å². The first-order valence-corrected chi connectivity index (χ1v) is 12.8. The number of aryl methyl sites for hydroxylation is 2. The van der Waals surface area contributed by atoms with Crippen molar-refractivity contribution in [3.63, 3.8) is 0 Å². The molecule has 1 amide bonds. The van der Waals surface area contributed by atoms with E-state index >= 15 is 0 Å². The van der Waals surface area contributed by atoms with Crippen LogP contribution in [0.1, 0.15) is 11.1 Å². The van der Waals surface area contributed by atoms with Gasteiger partial charge in [-0.25, -0.2) is 12.8 Å². The highest BCUT2D eigenvalue weighted by Gasteiger charge is 2.29. The van der Waals surface area contributed by atoms with Crippen LogP contribution in [0.4, 0.5) is 10.1 Å². The number of carbonyl (C=O) groups is 1. The van der Waals surface area contributed by atoms with Gasteiger partial charge in [0.05, 0.1) is 17.1 Å². The molecule has 4 rings (SSSR count). The quantitative estimate of drug-likeness (QED) is 0.439. The largest absolute Gasteiger partial charge is 0.491 e. The minimum absolute atomic E-state index is 0.0814. The number of halogens is 1. The van der Waals surface area contributed by atoms with Crippen LogP contribution in [0.5, 0.6) is 17.2 Å². The number of sulfonamides is 1. The van der Waals surface area contributed by atoms with Crippen LogP contribution >= 0.6 is 0 Å². The number of benzene rings is 3. The van der Waals surface area contributed by atoms with Crippen LogP contribution in [0.25, 0.3) is 0 Å². The summed E-state index contributed by atoms with van der Waals surface area (Å²) in [7, 11) is -4.20. The van der Waals surface area contributed by atoms with Gasteiger partial charge in [-0.05, 0) is 61.9 Å². The van der Waals surface area contributed by atoms with E-state index in [4.69, 9.17) is 14.2 Å². The zero-order chi connectivity index (χ0) is 25.7. The Morgan fingerprint density at radius 2 is 1.72 bits per heavy atom. The maximum atomic E-state index is 13.6. The molecule has 190 valence electrons. The first kappa shape index (κ1) is 25.3. The summed E-state index contributed by atoms with van der Waals surface area (Å²) in [6.45, 7) is 4.46. The highest BCUT2D eigenvalue weighted by atomic mass is 32.2. The number of anilines is 1. The van der Waals surface area contributed by atoms with Crippen LogP contribution < -0.4 is 23.8 Å². The summed E-state index contributed by atoms with van der Waals surface area (Å²) in [5, 5.41) is 2.68. The molecule has 0 spiro atoms. The van der Waals surface area contributed by atoms with E-state index in [9.17, 15) is 17.6 Å². The molecule has 0 radical (unpaired) electrons. The Labute approximate surface area is 209 Å². The zero-order valence-corrected chi connectivity index (χ0v) is 20.8. The van der Waals surface area contributed by atoms with Crippen molar-refractivity contribution in [3.05, 3.63) is 77.6 Å². The van der Waals surface area contributed by atoms with Gasteiger partial charge in [0.15, 0.2) is 11.5 Å². The third-order valence-electron chi connectivity index (χ3n) is 5.52. The van der Waals surface area contributed by atoms with Crippen LogP contribution in [0.15, 0.2) is 65.6 Å². The smallest absolute Gasteiger partial charge is 0.264 e. The molecule has 10 heteroatoms. The van der Waals surface area contributed by atoms with Gasteiger partial charge in [-0.2, -0.15) is 0 Å². The summed E-state index contributed by atoms with van der Waals surface area (Å²) in [5.41, 5.74) is 2.25. The van der Waals surface area contributed by atoms with Crippen molar-refractivity contribution in [1.82, 2.24) is 5.32 Å². The van der Waals surface area contributed by atoms with Crippen molar-refractivity contribution < 1.29 is 31.8 Å². The van der Waals surface area contributed by atoms with Gasteiger partial charge in [0.2, 0.25) is 5.91 Å². The molecule has 0 bridgehead atoms. The molecular weight excluding hydrogens is 487 g/mol. The van der Waals surface area contributed by atoms with E-state index in [2.05, 4.69) is 5.32 Å². The second-order valence-electron chi connectivity index (χ2n) is 8.26. The molecule has 1 heterocycles. The molecule has 1 N–H and O–H groups in total. The highest BCUT2D eigenvalue weighted by Crippen LogP contribution is 2.34. The molecule has 3 aromatic rings. The van der Waals surface area contributed by atoms with Gasteiger partial charge >= 0.3 is 0 Å². The van der Waals surface area contributed by atoms with E-state index in [-0.39, 0.29) is 23.7 Å². The van der Waals surface area contributed by atoms with Gasteiger partial charge < -0.3 is 19.5 Å². The highest BCUT2D eigenvalue weighted by molar-refractivity contribution is 7.92. The number of nitrogens with one attached hydrogen (secondary N) is 1. The van der Waals surface area contributed by atoms with Crippen LogP contribution in [-0.2, 0) is 14.8 Å². The Bertz CT molecular complexity index is 1350. The third kappa shape index (κ3) is 5.88. The fraction of sp³-hybridized carbons (Fsp3) is 0.269. The molecule has 1 aliphatic rings. The molecule has 3 aromatic carbocycles. The van der Waals surface area contributed by atoms with Gasteiger partial charge in [0, 0.05) is 6.07 Å². The molecule has 0 aromatic heterocycles. The monoisotopic (exact) mass is 514 g/mol. The van der Waals surface area contributed by atoms with Gasteiger partial charge in [0.1, 0.15) is 37.9 Å². The Balaban J connectivity index is 1.48. The first-order chi connectivity index (χ1) is 17.2. The number of amides is 1. The van der Waals surface area contributed by atoms with Crippen molar-refractivity contribution in [2.45, 2.75) is 18.7 Å². The summed E-state index contributed by atoms with van der Waals surface area (Å²) >= 11 is 0. The fourth-order valence-electron chi connectivity index (χ4n) is 3.73. The number of fused-ring (bicyclic) bond motifs is 1. The average molecular weight is 515 g/mol. The minimum atomic E-state index is -4.20. The van der Waals surface area contributed by atoms with Crippen molar-refractivity contribution >= 4 is 21.6 Å². The standard InChI is InChI=1S/C26H27FN2O6S/c1-18-3-9-23(19(2)15-18)33-12-11-28-26(30)17-29(21-6-4-20(27)5-7-21)36(31,32)22-8-10-24-25(16-22)35-14-13-34-24/h3-10,15-16H,11-14,17H2,1-2H3,(H,28,30). The van der Waals surface area contributed by atoms with E-state index in [1.54, 1.807) is 0 Å². The third-order valence-corrected chi connectivity index (χ3v) is 7.29. The summed E-state index contributed by atoms with van der Waals surface area (Å²) in [5.74, 6) is 0.390. The average Bonchev–Trinajstić information content (AvgIpc) is 2.86. The lowest BCUT2D eigenvalue weighted by atomic mass is 10.1. The number of hydrogen-bond acceptors (Lipinski definition) is 6. The maximum Gasteiger partial charge on any atom is 0.264 e. The van der Waals surface area contributed by atoms with Gasteiger partial charge in [-0.1, -0.05) is 17.7 Å². The molecule has 0 atom stereocenters.